The average molecular weight is 464 g/mol. The first-order valence-electron chi connectivity index (χ1n) is 9.43. The Labute approximate surface area is 179 Å². The van der Waals surface area contributed by atoms with Crippen molar-refractivity contribution in [3.8, 4) is 0 Å². The molecule has 1 aromatic heterocycles. The first-order valence-corrected chi connectivity index (χ1v) is 9.43. The van der Waals surface area contributed by atoms with E-state index in [1.165, 1.54) is 17.0 Å². The minimum Gasteiger partial charge on any atom is -0.481 e. The summed E-state index contributed by atoms with van der Waals surface area (Å²) in [4.78, 5) is 26.3. The van der Waals surface area contributed by atoms with E-state index in [1.54, 1.807) is 0 Å². The second kappa shape index (κ2) is 9.74. The molecule has 1 aromatic carbocycles. The highest BCUT2D eigenvalue weighted by Crippen LogP contribution is 2.38. The van der Waals surface area contributed by atoms with Crippen molar-refractivity contribution in [2.24, 2.45) is 0 Å². The number of nitrogens with zero attached hydrogens (tertiary/aromatic N) is 2. The van der Waals surface area contributed by atoms with Crippen LogP contribution < -0.4 is 0 Å². The van der Waals surface area contributed by atoms with E-state index in [9.17, 15) is 36.6 Å². The fourth-order valence-electron chi connectivity index (χ4n) is 3.19. The number of benzene rings is 1. The third-order valence-electron chi connectivity index (χ3n) is 4.71. The van der Waals surface area contributed by atoms with Crippen molar-refractivity contribution in [2.75, 3.05) is 19.6 Å². The number of rotatable bonds is 10. The van der Waals surface area contributed by atoms with Gasteiger partial charge in [-0.05, 0) is 11.6 Å². The van der Waals surface area contributed by atoms with Crippen LogP contribution in [-0.2, 0) is 21.7 Å². The minimum atomic E-state index is -4.98. The van der Waals surface area contributed by atoms with Gasteiger partial charge in [0.2, 0.25) is 0 Å². The maximum atomic E-state index is 14.0. The predicted molar refractivity (Wildman–Crippen MR) is 102 cm³/mol. The molecule has 0 bridgehead atoms. The molecule has 1 heterocycles. The average Bonchev–Trinajstić information content (AvgIpc) is 2.66. The van der Waals surface area contributed by atoms with Gasteiger partial charge in [0.05, 0.1) is 24.5 Å². The lowest BCUT2D eigenvalue weighted by molar-refractivity contribution is -0.141. The number of fused-ring (bicyclic) bond motifs is 1. The molecule has 7 nitrogen and oxygen atoms in total. The molecule has 0 radical (unpaired) electrons. The van der Waals surface area contributed by atoms with E-state index < -0.39 is 66.3 Å². The number of aromatic nitrogens is 1. The van der Waals surface area contributed by atoms with Gasteiger partial charge in [-0.15, -0.1) is 0 Å². The first kappa shape index (κ1) is 25.4. The van der Waals surface area contributed by atoms with Crippen molar-refractivity contribution in [3.63, 3.8) is 0 Å². The van der Waals surface area contributed by atoms with Crippen LogP contribution in [-0.4, -0.2) is 56.8 Å². The molecule has 0 amide bonds. The van der Waals surface area contributed by atoms with Gasteiger partial charge in [0.15, 0.2) is 0 Å². The van der Waals surface area contributed by atoms with E-state index in [2.05, 4.69) is 4.98 Å². The standard InChI is InChI=1S/C20H21F5N2O5/c1-19(21,22)13-4-2-3-11-12(9-15(20(23,24)25)26-18(11)13)14(28)10-27(7-5-16(29)30)8-6-17(31)32/h2-4,9,14,28H,5-8,10H2,1H3,(H,29,30)(H,31,32). The topological polar surface area (TPSA) is 111 Å². The molecule has 2 rings (SSSR count). The van der Waals surface area contributed by atoms with Crippen molar-refractivity contribution < 1.29 is 46.9 Å². The summed E-state index contributed by atoms with van der Waals surface area (Å²) in [5, 5.41) is 28.3. The Morgan fingerprint density at radius 2 is 1.62 bits per heavy atom. The van der Waals surface area contributed by atoms with Crippen molar-refractivity contribution in [3.05, 3.63) is 41.1 Å². The fourth-order valence-corrected chi connectivity index (χ4v) is 3.19. The van der Waals surface area contributed by atoms with Crippen LogP contribution in [0.2, 0.25) is 0 Å². The number of carboxylic acid groups (broad SMARTS) is 2. The van der Waals surface area contributed by atoms with Crippen LogP contribution in [0.25, 0.3) is 10.9 Å². The fraction of sp³-hybridized carbons (Fsp3) is 0.450. The van der Waals surface area contributed by atoms with Crippen molar-refractivity contribution in [1.82, 2.24) is 9.88 Å². The number of para-hydroxylation sites is 1. The molecule has 2 aromatic rings. The quantitative estimate of drug-likeness (QED) is 0.461. The van der Waals surface area contributed by atoms with Gasteiger partial charge in [0, 0.05) is 37.5 Å². The molecule has 176 valence electrons. The Hall–Kier alpha value is -2.86. The number of hydrogen-bond acceptors (Lipinski definition) is 5. The van der Waals surface area contributed by atoms with Gasteiger partial charge < -0.3 is 15.3 Å². The maximum absolute atomic E-state index is 14.0. The SMILES string of the molecule is CC(F)(F)c1cccc2c(C(O)CN(CCC(=O)O)CCC(=O)O)cc(C(F)(F)F)nc12. The Balaban J connectivity index is 2.54. The molecule has 12 heteroatoms. The van der Waals surface area contributed by atoms with E-state index >= 15 is 0 Å². The first-order chi connectivity index (χ1) is 14.7. The molecular formula is C20H21F5N2O5. The van der Waals surface area contributed by atoms with E-state index in [4.69, 9.17) is 10.2 Å². The number of carbonyl (C=O) groups is 2. The van der Waals surface area contributed by atoms with E-state index in [0.29, 0.717) is 13.0 Å². The molecule has 32 heavy (non-hydrogen) atoms. The highest BCUT2D eigenvalue weighted by Gasteiger charge is 2.36. The summed E-state index contributed by atoms with van der Waals surface area (Å²) in [6.07, 6.45) is -7.44. The van der Waals surface area contributed by atoms with Crippen LogP contribution >= 0.6 is 0 Å². The van der Waals surface area contributed by atoms with Crippen LogP contribution in [0.3, 0.4) is 0 Å². The summed E-state index contributed by atoms with van der Waals surface area (Å²) in [6, 6.07) is 3.94. The summed E-state index contributed by atoms with van der Waals surface area (Å²) < 4.78 is 68.2. The van der Waals surface area contributed by atoms with Crippen molar-refractivity contribution in [2.45, 2.75) is 38.0 Å². The van der Waals surface area contributed by atoms with Gasteiger partial charge >= 0.3 is 18.1 Å². The molecule has 0 aliphatic heterocycles. The molecule has 1 unspecified atom stereocenters. The lowest BCUT2D eigenvalue weighted by Crippen LogP contribution is -2.33. The molecule has 3 N–H and O–H groups in total. The second-order valence-corrected chi connectivity index (χ2v) is 7.29. The largest absolute Gasteiger partial charge is 0.481 e. The molecular weight excluding hydrogens is 443 g/mol. The number of halogens is 5. The Kier molecular flexibility index (Phi) is 7.73. The number of pyridine rings is 1. The summed E-state index contributed by atoms with van der Waals surface area (Å²) in [6.45, 7) is -0.247. The third kappa shape index (κ3) is 6.57. The number of aliphatic carboxylic acids is 2. The van der Waals surface area contributed by atoms with Crippen LogP contribution in [0.4, 0.5) is 22.0 Å². The molecule has 0 saturated carbocycles. The molecule has 1 atom stereocenters. The van der Waals surface area contributed by atoms with Crippen LogP contribution in [0.5, 0.6) is 0 Å². The van der Waals surface area contributed by atoms with Gasteiger partial charge in [0.25, 0.3) is 5.92 Å². The summed E-state index contributed by atoms with van der Waals surface area (Å²) in [5.74, 6) is -5.89. The zero-order valence-electron chi connectivity index (χ0n) is 16.9. The zero-order valence-corrected chi connectivity index (χ0v) is 16.9. The molecule has 0 saturated heterocycles. The molecule has 0 aliphatic rings. The Morgan fingerprint density at radius 1 is 1.06 bits per heavy atom. The summed E-state index contributed by atoms with van der Waals surface area (Å²) in [7, 11) is 0. The van der Waals surface area contributed by atoms with Crippen molar-refractivity contribution >= 4 is 22.8 Å². The lowest BCUT2D eigenvalue weighted by atomic mass is 9.97. The van der Waals surface area contributed by atoms with E-state index in [0.717, 1.165) is 6.07 Å². The van der Waals surface area contributed by atoms with Crippen LogP contribution in [0.1, 0.15) is 42.7 Å². The van der Waals surface area contributed by atoms with Crippen molar-refractivity contribution in [1.29, 1.82) is 0 Å². The summed E-state index contributed by atoms with van der Waals surface area (Å²) >= 11 is 0. The Bertz CT molecular complexity index is 973. The van der Waals surface area contributed by atoms with Crippen LogP contribution in [0.15, 0.2) is 24.3 Å². The Morgan fingerprint density at radius 3 is 2.09 bits per heavy atom. The summed E-state index contributed by atoms with van der Waals surface area (Å²) in [5.41, 5.74) is -3.17. The van der Waals surface area contributed by atoms with Gasteiger partial charge in [-0.1, -0.05) is 18.2 Å². The predicted octanol–water partition coefficient (Wildman–Crippen LogP) is 3.65. The van der Waals surface area contributed by atoms with Gasteiger partial charge in [-0.2, -0.15) is 13.2 Å². The highest BCUT2D eigenvalue weighted by atomic mass is 19.4. The minimum absolute atomic E-state index is 0.124. The normalized spacial score (nSPS) is 13.5. The number of alkyl halides is 5. The third-order valence-corrected chi connectivity index (χ3v) is 4.71. The molecule has 0 spiro atoms. The second-order valence-electron chi connectivity index (χ2n) is 7.29. The van der Waals surface area contributed by atoms with E-state index in [1.807, 2.05) is 0 Å². The maximum Gasteiger partial charge on any atom is 0.433 e. The van der Waals surface area contributed by atoms with Gasteiger partial charge in [-0.3, -0.25) is 14.5 Å². The number of aliphatic hydroxyl groups excluding tert-OH is 1. The molecule has 0 aliphatic carbocycles. The smallest absolute Gasteiger partial charge is 0.433 e. The number of aliphatic hydroxyl groups is 1. The molecule has 0 fully saturated rings. The van der Waals surface area contributed by atoms with Crippen LogP contribution in [0, 0.1) is 0 Å². The van der Waals surface area contributed by atoms with Gasteiger partial charge in [-0.25, -0.2) is 13.8 Å². The number of carboxylic acids is 2. The van der Waals surface area contributed by atoms with E-state index in [-0.39, 0.29) is 24.0 Å². The number of hydrogen-bond donors (Lipinski definition) is 3. The lowest BCUT2D eigenvalue weighted by Gasteiger charge is -2.25. The highest BCUT2D eigenvalue weighted by molar-refractivity contribution is 5.86. The van der Waals surface area contributed by atoms with Gasteiger partial charge in [0.1, 0.15) is 5.69 Å². The zero-order chi connectivity index (χ0) is 24.3. The monoisotopic (exact) mass is 464 g/mol.